The Bertz CT molecular complexity index is 1740. The molecule has 2 aromatic carbocycles. The van der Waals surface area contributed by atoms with Crippen molar-refractivity contribution in [3.63, 3.8) is 0 Å². The van der Waals surface area contributed by atoms with Crippen molar-refractivity contribution in [2.24, 2.45) is 23.3 Å². The summed E-state index contributed by atoms with van der Waals surface area (Å²) in [5.41, 5.74) is 19.2. The Kier molecular flexibility index (Phi) is 10.5. The molecule has 262 valence electrons. The highest BCUT2D eigenvalue weighted by atomic mass is 16.5. The predicted octanol–water partition coefficient (Wildman–Crippen LogP) is 3.77. The zero-order valence-corrected chi connectivity index (χ0v) is 29.0. The van der Waals surface area contributed by atoms with Crippen molar-refractivity contribution in [1.29, 1.82) is 0 Å². The van der Waals surface area contributed by atoms with E-state index in [9.17, 15) is 9.59 Å². The summed E-state index contributed by atoms with van der Waals surface area (Å²) in [6, 6.07) is 20.0. The molecule has 4 aromatic rings. The second kappa shape index (κ2) is 15.1. The van der Waals surface area contributed by atoms with E-state index >= 15 is 0 Å². The zero-order chi connectivity index (χ0) is 35.4. The molecule has 50 heavy (non-hydrogen) atoms. The molecule has 2 saturated heterocycles. The first-order valence-electron chi connectivity index (χ1n) is 16.7. The Balaban J connectivity index is 1.09. The third-order valence-electron chi connectivity index (χ3n) is 9.65. The SMILES string of the molecule is COc1nc(OCc2cccc(-c3cccc(COc4ccc(CN5CC(C(N)=O)C5)c(OC)n4)c3C)c2C)ccc1CN1CC(C(N)=O)C1. The molecule has 6 rings (SSSR count). The molecule has 0 radical (unpaired) electrons. The monoisotopic (exact) mass is 680 g/mol. The number of benzene rings is 2. The summed E-state index contributed by atoms with van der Waals surface area (Å²) in [5.74, 6) is 1.24. The lowest BCUT2D eigenvalue weighted by Gasteiger charge is -2.37. The first kappa shape index (κ1) is 34.7. The summed E-state index contributed by atoms with van der Waals surface area (Å²) in [5, 5.41) is 0. The standard InChI is InChI=1S/C38H44N6O6/c1-23-27(21-49-33-13-11-25(37(41-33)47-3)15-43-17-29(18-43)35(39)45)7-5-9-31(23)32-10-6-8-28(24(32)2)22-50-34-14-12-26(38(42-34)48-4)16-44-19-30(20-44)36(40)46/h5-14,29-30H,15-22H2,1-4H3,(H2,39,45)(H2,40,46). The number of amides is 2. The smallest absolute Gasteiger partial charge is 0.223 e. The molecule has 4 heterocycles. The number of methoxy groups -OCH3 is 2. The average molecular weight is 681 g/mol. The van der Waals surface area contributed by atoms with Crippen LogP contribution in [0.4, 0.5) is 0 Å². The number of aromatic nitrogens is 2. The Morgan fingerprint density at radius 3 is 1.40 bits per heavy atom. The van der Waals surface area contributed by atoms with Crippen molar-refractivity contribution in [2.75, 3.05) is 40.4 Å². The quantitative estimate of drug-likeness (QED) is 0.190. The van der Waals surface area contributed by atoms with Crippen LogP contribution in [0.2, 0.25) is 0 Å². The first-order chi connectivity index (χ1) is 24.1. The van der Waals surface area contributed by atoms with Gasteiger partial charge in [-0.05, 0) is 59.4 Å². The van der Waals surface area contributed by atoms with Gasteiger partial charge < -0.3 is 30.4 Å². The highest BCUT2D eigenvalue weighted by Gasteiger charge is 2.32. The van der Waals surface area contributed by atoms with Gasteiger partial charge in [0.15, 0.2) is 0 Å². The van der Waals surface area contributed by atoms with Crippen LogP contribution in [0, 0.1) is 25.7 Å². The number of nitrogens with zero attached hydrogens (tertiary/aromatic N) is 4. The maximum absolute atomic E-state index is 11.4. The Morgan fingerprint density at radius 2 is 1.04 bits per heavy atom. The van der Waals surface area contributed by atoms with Crippen molar-refractivity contribution < 1.29 is 28.5 Å². The summed E-state index contributed by atoms with van der Waals surface area (Å²) in [4.78, 5) is 36.2. The van der Waals surface area contributed by atoms with Crippen molar-refractivity contribution in [2.45, 2.75) is 40.2 Å². The first-order valence-corrected chi connectivity index (χ1v) is 16.7. The maximum Gasteiger partial charge on any atom is 0.223 e. The fourth-order valence-electron chi connectivity index (χ4n) is 6.47. The highest BCUT2D eigenvalue weighted by Crippen LogP contribution is 2.32. The Hall–Kier alpha value is -5.20. The van der Waals surface area contributed by atoms with Crippen LogP contribution < -0.4 is 30.4 Å². The minimum atomic E-state index is -0.259. The lowest BCUT2D eigenvalue weighted by molar-refractivity contribution is -0.127. The highest BCUT2D eigenvalue weighted by molar-refractivity contribution is 5.78. The summed E-state index contributed by atoms with van der Waals surface area (Å²) in [6.45, 7) is 8.72. The molecule has 2 aromatic heterocycles. The van der Waals surface area contributed by atoms with Gasteiger partial charge in [0.05, 0.1) is 26.1 Å². The number of likely N-dealkylation sites (tertiary alicyclic amines) is 2. The summed E-state index contributed by atoms with van der Waals surface area (Å²) in [7, 11) is 3.18. The third-order valence-corrected chi connectivity index (χ3v) is 9.65. The van der Waals surface area contributed by atoms with E-state index in [1.807, 2.05) is 36.4 Å². The van der Waals surface area contributed by atoms with Crippen molar-refractivity contribution in [3.05, 3.63) is 94.0 Å². The predicted molar refractivity (Wildman–Crippen MR) is 188 cm³/mol. The number of hydrogen-bond donors (Lipinski definition) is 2. The van der Waals surface area contributed by atoms with Crippen LogP contribution in [0.5, 0.6) is 23.5 Å². The lowest BCUT2D eigenvalue weighted by atomic mass is 9.92. The third kappa shape index (κ3) is 7.66. The number of ether oxygens (including phenoxy) is 4. The van der Waals surface area contributed by atoms with Crippen molar-refractivity contribution in [3.8, 4) is 34.6 Å². The van der Waals surface area contributed by atoms with Crippen LogP contribution in [0.3, 0.4) is 0 Å². The van der Waals surface area contributed by atoms with E-state index in [1.54, 1.807) is 14.2 Å². The number of carbonyl (C=O) groups excluding carboxylic acids is 2. The Labute approximate surface area is 292 Å². The molecule has 4 N–H and O–H groups in total. The second-order valence-electron chi connectivity index (χ2n) is 13.0. The summed E-state index contributed by atoms with van der Waals surface area (Å²) >= 11 is 0. The van der Waals surface area contributed by atoms with E-state index in [-0.39, 0.29) is 23.7 Å². The van der Waals surface area contributed by atoms with E-state index in [2.05, 4.69) is 57.9 Å². The zero-order valence-electron chi connectivity index (χ0n) is 29.0. The van der Waals surface area contributed by atoms with E-state index < -0.39 is 0 Å². The van der Waals surface area contributed by atoms with Gasteiger partial charge in [0.2, 0.25) is 35.3 Å². The molecular formula is C38H44N6O6. The topological polar surface area (TPSA) is 155 Å². The molecule has 12 nitrogen and oxygen atoms in total. The van der Waals surface area contributed by atoms with Crippen LogP contribution >= 0.6 is 0 Å². The summed E-state index contributed by atoms with van der Waals surface area (Å²) in [6.07, 6.45) is 0. The molecule has 2 amide bonds. The van der Waals surface area contributed by atoms with Gasteiger partial charge in [0, 0.05) is 62.5 Å². The maximum atomic E-state index is 11.4. The largest absolute Gasteiger partial charge is 0.481 e. The number of pyridine rings is 2. The lowest BCUT2D eigenvalue weighted by Crippen LogP contribution is -2.51. The molecule has 0 bridgehead atoms. The minimum Gasteiger partial charge on any atom is -0.481 e. The van der Waals surface area contributed by atoms with Crippen LogP contribution in [-0.2, 0) is 35.9 Å². The van der Waals surface area contributed by atoms with Gasteiger partial charge in [-0.25, -0.2) is 0 Å². The summed E-state index contributed by atoms with van der Waals surface area (Å²) < 4.78 is 23.4. The molecule has 0 aliphatic carbocycles. The molecule has 0 atom stereocenters. The van der Waals surface area contributed by atoms with E-state index in [0.29, 0.717) is 76.0 Å². The fourth-order valence-corrected chi connectivity index (χ4v) is 6.47. The molecule has 0 saturated carbocycles. The molecule has 2 fully saturated rings. The van der Waals surface area contributed by atoms with Gasteiger partial charge in [-0.2, -0.15) is 9.97 Å². The van der Waals surface area contributed by atoms with E-state index in [0.717, 1.165) is 44.5 Å². The normalized spacial score (nSPS) is 15.2. The van der Waals surface area contributed by atoms with Crippen LogP contribution in [0.1, 0.15) is 33.4 Å². The molecule has 12 heteroatoms. The van der Waals surface area contributed by atoms with Gasteiger partial charge >= 0.3 is 0 Å². The van der Waals surface area contributed by atoms with Gasteiger partial charge in [-0.1, -0.05) is 36.4 Å². The van der Waals surface area contributed by atoms with Crippen molar-refractivity contribution >= 4 is 11.8 Å². The number of rotatable bonds is 15. The number of hydrogen-bond acceptors (Lipinski definition) is 10. The number of nitrogens with two attached hydrogens (primary N) is 2. The van der Waals surface area contributed by atoms with Gasteiger partial charge in [-0.3, -0.25) is 19.4 Å². The second-order valence-corrected chi connectivity index (χ2v) is 13.0. The molecule has 0 unspecified atom stereocenters. The fraction of sp³-hybridized carbons (Fsp3) is 0.368. The van der Waals surface area contributed by atoms with Crippen LogP contribution in [0.25, 0.3) is 11.1 Å². The van der Waals surface area contributed by atoms with E-state index in [4.69, 9.17) is 30.4 Å². The van der Waals surface area contributed by atoms with Gasteiger partial charge in [-0.15, -0.1) is 0 Å². The van der Waals surface area contributed by atoms with Gasteiger partial charge in [0.25, 0.3) is 0 Å². The van der Waals surface area contributed by atoms with Crippen LogP contribution in [0.15, 0.2) is 60.7 Å². The minimum absolute atomic E-state index is 0.0945. The average Bonchev–Trinajstić information content (AvgIpc) is 3.07. The van der Waals surface area contributed by atoms with Gasteiger partial charge in [0.1, 0.15) is 13.2 Å². The molecular weight excluding hydrogens is 636 g/mol. The van der Waals surface area contributed by atoms with Crippen LogP contribution in [-0.4, -0.2) is 72.0 Å². The molecule has 2 aliphatic rings. The molecule has 2 aliphatic heterocycles. The number of primary amides is 2. The molecule has 0 spiro atoms. The number of carbonyl (C=O) groups is 2. The van der Waals surface area contributed by atoms with E-state index in [1.165, 1.54) is 0 Å². The van der Waals surface area contributed by atoms with Crippen molar-refractivity contribution in [1.82, 2.24) is 19.8 Å². The Morgan fingerprint density at radius 1 is 0.640 bits per heavy atom.